The SMILES string of the molecule is Nc1ccnc(C2=Cc3cc(Cl)ccc3CC2)c1.O=C(O)/C=C/C(=O)O. The minimum absolute atomic E-state index is 0.558. The van der Waals surface area contributed by atoms with Crippen molar-refractivity contribution >= 4 is 40.9 Å². The van der Waals surface area contributed by atoms with E-state index in [2.05, 4.69) is 17.1 Å². The van der Waals surface area contributed by atoms with Gasteiger partial charge in [0.05, 0.1) is 5.69 Å². The first kappa shape index (κ1) is 19.2. The minimum atomic E-state index is -1.26. The number of aliphatic carboxylic acids is 2. The van der Waals surface area contributed by atoms with E-state index in [1.807, 2.05) is 18.2 Å². The van der Waals surface area contributed by atoms with Crippen LogP contribution in [0.25, 0.3) is 11.6 Å². The van der Waals surface area contributed by atoms with Gasteiger partial charge in [0.25, 0.3) is 0 Å². The highest BCUT2D eigenvalue weighted by molar-refractivity contribution is 6.30. The van der Waals surface area contributed by atoms with Gasteiger partial charge >= 0.3 is 11.9 Å². The number of allylic oxidation sites excluding steroid dienone is 1. The Morgan fingerprint density at radius 1 is 1.08 bits per heavy atom. The Labute approximate surface area is 155 Å². The molecule has 1 aromatic carbocycles. The number of hydrogen-bond donors (Lipinski definition) is 3. The van der Waals surface area contributed by atoms with Crippen LogP contribution in [-0.2, 0) is 16.0 Å². The number of nitrogens with two attached hydrogens (primary N) is 1. The number of carboxylic acids is 2. The molecule has 7 heteroatoms. The number of aromatic nitrogens is 1. The van der Waals surface area contributed by atoms with Gasteiger partial charge in [-0.3, -0.25) is 4.98 Å². The lowest BCUT2D eigenvalue weighted by Crippen LogP contribution is -2.01. The Morgan fingerprint density at radius 3 is 2.38 bits per heavy atom. The molecule has 3 rings (SSSR count). The van der Waals surface area contributed by atoms with E-state index < -0.39 is 11.9 Å². The van der Waals surface area contributed by atoms with Gasteiger partial charge in [-0.25, -0.2) is 9.59 Å². The van der Waals surface area contributed by atoms with Crippen LogP contribution in [0.2, 0.25) is 5.02 Å². The maximum Gasteiger partial charge on any atom is 0.328 e. The molecule has 2 aromatic rings. The Kier molecular flexibility index (Phi) is 6.52. The summed E-state index contributed by atoms with van der Waals surface area (Å²) in [7, 11) is 0. The summed E-state index contributed by atoms with van der Waals surface area (Å²) in [5, 5.41) is 16.4. The fraction of sp³-hybridized carbons (Fsp3) is 0.105. The Morgan fingerprint density at radius 2 is 1.77 bits per heavy atom. The number of pyridine rings is 1. The number of carboxylic acid groups (broad SMARTS) is 2. The molecule has 26 heavy (non-hydrogen) atoms. The van der Waals surface area contributed by atoms with Crippen LogP contribution < -0.4 is 5.73 Å². The first-order valence-electron chi connectivity index (χ1n) is 7.70. The molecule has 0 spiro atoms. The van der Waals surface area contributed by atoms with E-state index in [1.165, 1.54) is 16.7 Å². The van der Waals surface area contributed by atoms with Crippen molar-refractivity contribution in [1.82, 2.24) is 4.98 Å². The van der Waals surface area contributed by atoms with E-state index >= 15 is 0 Å². The van der Waals surface area contributed by atoms with Crippen molar-refractivity contribution in [2.24, 2.45) is 0 Å². The highest BCUT2D eigenvalue weighted by Gasteiger charge is 2.13. The van der Waals surface area contributed by atoms with Crippen LogP contribution in [-0.4, -0.2) is 27.1 Å². The summed E-state index contributed by atoms with van der Waals surface area (Å²) in [6.07, 6.45) is 7.04. The van der Waals surface area contributed by atoms with Crippen LogP contribution in [0.5, 0.6) is 0 Å². The lowest BCUT2D eigenvalue weighted by molar-refractivity contribution is -0.134. The van der Waals surface area contributed by atoms with E-state index in [0.717, 1.165) is 29.2 Å². The number of fused-ring (bicyclic) bond motifs is 1. The molecule has 0 bridgehead atoms. The number of aryl methyl sites for hydroxylation is 1. The van der Waals surface area contributed by atoms with Crippen LogP contribution in [0.4, 0.5) is 5.69 Å². The second kappa shape index (κ2) is 8.82. The van der Waals surface area contributed by atoms with E-state index in [-0.39, 0.29) is 0 Å². The van der Waals surface area contributed by atoms with Gasteiger partial charge in [-0.2, -0.15) is 0 Å². The van der Waals surface area contributed by atoms with Gasteiger partial charge in [0.2, 0.25) is 0 Å². The van der Waals surface area contributed by atoms with Crippen molar-refractivity contribution in [3.8, 4) is 0 Å². The standard InChI is InChI=1S/C15H13ClN2.C4H4O4/c16-13-4-3-10-1-2-11(7-12(10)8-13)15-9-14(17)5-6-18-15;5-3(6)1-2-4(7)8/h3-9H,1-2H2,(H2,17,18);1-2H,(H,5,6)(H,7,8)/b;2-1+. The number of benzene rings is 1. The third-order valence-electron chi connectivity index (χ3n) is 3.58. The minimum Gasteiger partial charge on any atom is -0.478 e. The zero-order valence-electron chi connectivity index (χ0n) is 13.7. The van der Waals surface area contributed by atoms with Crippen LogP contribution in [0.1, 0.15) is 23.2 Å². The first-order valence-corrected chi connectivity index (χ1v) is 8.08. The number of anilines is 1. The van der Waals surface area contributed by atoms with E-state index in [0.29, 0.717) is 12.2 Å². The van der Waals surface area contributed by atoms with Gasteiger partial charge in [-0.05, 0) is 59.9 Å². The van der Waals surface area contributed by atoms with Crippen LogP contribution >= 0.6 is 11.6 Å². The molecule has 1 aromatic heterocycles. The molecule has 6 nitrogen and oxygen atoms in total. The van der Waals surface area contributed by atoms with Gasteiger partial charge in [0.15, 0.2) is 0 Å². The summed E-state index contributed by atoms with van der Waals surface area (Å²) >= 11 is 6.03. The second-order valence-electron chi connectivity index (χ2n) is 5.50. The smallest absolute Gasteiger partial charge is 0.328 e. The molecule has 0 aliphatic heterocycles. The lowest BCUT2D eigenvalue weighted by Gasteiger charge is -2.16. The van der Waals surface area contributed by atoms with Crippen molar-refractivity contribution in [3.63, 3.8) is 0 Å². The monoisotopic (exact) mass is 372 g/mol. The third-order valence-corrected chi connectivity index (χ3v) is 3.82. The van der Waals surface area contributed by atoms with Gasteiger partial charge in [-0.15, -0.1) is 0 Å². The maximum absolute atomic E-state index is 9.55. The largest absolute Gasteiger partial charge is 0.478 e. The fourth-order valence-electron chi connectivity index (χ4n) is 2.42. The van der Waals surface area contributed by atoms with Crippen molar-refractivity contribution < 1.29 is 19.8 Å². The molecule has 4 N–H and O–H groups in total. The summed E-state index contributed by atoms with van der Waals surface area (Å²) < 4.78 is 0. The zero-order valence-corrected chi connectivity index (χ0v) is 14.5. The van der Waals surface area contributed by atoms with Crippen molar-refractivity contribution in [3.05, 3.63) is 70.5 Å². The molecule has 1 heterocycles. The van der Waals surface area contributed by atoms with Crippen molar-refractivity contribution in [2.75, 3.05) is 5.73 Å². The number of nitrogen functional groups attached to an aromatic ring is 1. The van der Waals surface area contributed by atoms with E-state index in [4.69, 9.17) is 27.5 Å². The van der Waals surface area contributed by atoms with E-state index in [1.54, 1.807) is 12.3 Å². The average Bonchev–Trinajstić information content (AvgIpc) is 2.60. The van der Waals surface area contributed by atoms with Gasteiger partial charge in [-0.1, -0.05) is 17.7 Å². The summed E-state index contributed by atoms with van der Waals surface area (Å²) in [5.74, 6) is -2.51. The molecule has 0 saturated carbocycles. The molecule has 0 radical (unpaired) electrons. The molecule has 0 amide bonds. The summed E-state index contributed by atoms with van der Waals surface area (Å²) in [4.78, 5) is 23.5. The molecule has 0 unspecified atom stereocenters. The molecule has 0 saturated heterocycles. The maximum atomic E-state index is 9.55. The first-order chi connectivity index (χ1) is 12.3. The Hall–Kier alpha value is -3.12. The average molecular weight is 373 g/mol. The molecule has 134 valence electrons. The predicted molar refractivity (Wildman–Crippen MR) is 101 cm³/mol. The van der Waals surface area contributed by atoms with E-state index in [9.17, 15) is 9.59 Å². The zero-order chi connectivity index (χ0) is 19.1. The van der Waals surface area contributed by atoms with Crippen LogP contribution in [0.15, 0.2) is 48.7 Å². The summed E-state index contributed by atoms with van der Waals surface area (Å²) in [6.45, 7) is 0. The van der Waals surface area contributed by atoms with Gasteiger partial charge in [0, 0.05) is 29.1 Å². The van der Waals surface area contributed by atoms with Crippen LogP contribution in [0, 0.1) is 0 Å². The molecule has 1 aliphatic carbocycles. The third kappa shape index (κ3) is 5.75. The molecule has 1 aliphatic rings. The van der Waals surface area contributed by atoms with Crippen molar-refractivity contribution in [1.29, 1.82) is 0 Å². The fourth-order valence-corrected chi connectivity index (χ4v) is 2.60. The molecular formula is C19H17ClN2O4. The van der Waals surface area contributed by atoms with Crippen LogP contribution in [0.3, 0.4) is 0 Å². The summed E-state index contributed by atoms with van der Waals surface area (Å²) in [6, 6.07) is 9.76. The number of halogens is 1. The molecule has 0 atom stereocenters. The number of hydrogen-bond acceptors (Lipinski definition) is 4. The predicted octanol–water partition coefficient (Wildman–Crippen LogP) is 3.52. The topological polar surface area (TPSA) is 114 Å². The Balaban J connectivity index is 0.000000260. The van der Waals surface area contributed by atoms with Gasteiger partial charge < -0.3 is 15.9 Å². The Bertz CT molecular complexity index is 875. The highest BCUT2D eigenvalue weighted by Crippen LogP contribution is 2.31. The highest BCUT2D eigenvalue weighted by atomic mass is 35.5. The number of carbonyl (C=O) groups is 2. The quantitative estimate of drug-likeness (QED) is 0.710. The normalized spacial score (nSPS) is 12.6. The lowest BCUT2D eigenvalue weighted by atomic mass is 9.90. The summed E-state index contributed by atoms with van der Waals surface area (Å²) in [5.41, 5.74) is 11.2. The number of rotatable bonds is 3. The van der Waals surface area contributed by atoms with Crippen molar-refractivity contribution in [2.45, 2.75) is 12.8 Å². The van der Waals surface area contributed by atoms with Gasteiger partial charge in [0.1, 0.15) is 0 Å². The molecule has 0 fully saturated rings. The molecular weight excluding hydrogens is 356 g/mol. The second-order valence-corrected chi connectivity index (χ2v) is 5.93. The number of nitrogens with zero attached hydrogens (tertiary/aromatic N) is 1.